The molecule has 3 N–H and O–H groups in total. The topological polar surface area (TPSA) is 80.7 Å². The third-order valence-electron chi connectivity index (χ3n) is 3.21. The summed E-state index contributed by atoms with van der Waals surface area (Å²) in [4.78, 5) is 4.33. The molecule has 0 unspecified atom stereocenters. The Balaban J connectivity index is 2.53. The molecule has 2 rings (SSSR count). The highest BCUT2D eigenvalue weighted by Crippen LogP contribution is 2.30. The molecule has 1 aromatic heterocycles. The maximum atomic E-state index is 8.94. The molecule has 2 aromatic rings. The van der Waals surface area contributed by atoms with Crippen molar-refractivity contribution in [1.29, 1.82) is 0 Å². The first-order chi connectivity index (χ1) is 9.92. The van der Waals surface area contributed by atoms with Gasteiger partial charge in [-0.05, 0) is 39.3 Å². The average molecular weight is 285 g/mol. The van der Waals surface area contributed by atoms with E-state index in [1.807, 2.05) is 39.0 Å². The van der Waals surface area contributed by atoms with Crippen LogP contribution in [-0.4, -0.2) is 16.0 Å². The van der Waals surface area contributed by atoms with Gasteiger partial charge in [0.05, 0.1) is 11.3 Å². The number of hydrogen-bond donors (Lipinski definition) is 2. The number of benzene rings is 1. The van der Waals surface area contributed by atoms with Crippen molar-refractivity contribution >= 4 is 5.84 Å². The summed E-state index contributed by atoms with van der Waals surface area (Å²) in [7, 11) is 0. The number of aryl methyl sites for hydroxylation is 4. The molecule has 5 nitrogen and oxygen atoms in total. The largest absolute Gasteiger partial charge is 0.456 e. The lowest BCUT2D eigenvalue weighted by atomic mass is 10.1. The molecule has 1 heterocycles. The van der Waals surface area contributed by atoms with Gasteiger partial charge in [0.15, 0.2) is 5.84 Å². The van der Waals surface area contributed by atoms with Crippen molar-refractivity contribution in [3.8, 4) is 11.5 Å². The SMILES string of the molecule is Cc1ccc(Oc2cc(C)nc(C)c2/C(N)=N/O)c(C)c1. The van der Waals surface area contributed by atoms with E-state index in [0.717, 1.165) is 17.0 Å². The number of amidine groups is 1. The van der Waals surface area contributed by atoms with Gasteiger partial charge in [0.2, 0.25) is 0 Å². The predicted molar refractivity (Wildman–Crippen MR) is 82.2 cm³/mol. The molecule has 0 saturated heterocycles. The van der Waals surface area contributed by atoms with Crippen LogP contribution in [0.4, 0.5) is 0 Å². The van der Waals surface area contributed by atoms with Crippen LogP contribution in [0.25, 0.3) is 0 Å². The molecule has 0 spiro atoms. The molecule has 21 heavy (non-hydrogen) atoms. The molecule has 1 aromatic carbocycles. The second-order valence-electron chi connectivity index (χ2n) is 5.08. The van der Waals surface area contributed by atoms with Gasteiger partial charge >= 0.3 is 0 Å². The molecule has 0 fully saturated rings. The van der Waals surface area contributed by atoms with E-state index < -0.39 is 0 Å². The lowest BCUT2D eigenvalue weighted by Crippen LogP contribution is -2.17. The van der Waals surface area contributed by atoms with Crippen molar-refractivity contribution in [1.82, 2.24) is 4.98 Å². The number of ether oxygens (including phenoxy) is 1. The second kappa shape index (κ2) is 5.83. The fourth-order valence-electron chi connectivity index (χ4n) is 2.27. The molecule has 0 saturated carbocycles. The fourth-order valence-corrected chi connectivity index (χ4v) is 2.27. The van der Waals surface area contributed by atoms with Gasteiger partial charge in [-0.1, -0.05) is 22.9 Å². The van der Waals surface area contributed by atoms with Gasteiger partial charge in [-0.3, -0.25) is 4.98 Å². The summed E-state index contributed by atoms with van der Waals surface area (Å²) in [5, 5.41) is 12.0. The number of oxime groups is 1. The van der Waals surface area contributed by atoms with E-state index in [-0.39, 0.29) is 5.84 Å². The van der Waals surface area contributed by atoms with Gasteiger partial charge in [-0.2, -0.15) is 0 Å². The summed E-state index contributed by atoms with van der Waals surface area (Å²) in [6, 6.07) is 7.71. The minimum atomic E-state index is -0.0141. The van der Waals surface area contributed by atoms with Crippen molar-refractivity contribution in [2.24, 2.45) is 10.9 Å². The smallest absolute Gasteiger partial charge is 0.175 e. The van der Waals surface area contributed by atoms with E-state index in [2.05, 4.69) is 10.1 Å². The molecule has 0 aliphatic rings. The van der Waals surface area contributed by atoms with E-state index >= 15 is 0 Å². The van der Waals surface area contributed by atoms with Gasteiger partial charge in [0.1, 0.15) is 11.5 Å². The van der Waals surface area contributed by atoms with Gasteiger partial charge < -0.3 is 15.7 Å². The number of hydrogen-bond acceptors (Lipinski definition) is 4. The van der Waals surface area contributed by atoms with Crippen LogP contribution in [0.2, 0.25) is 0 Å². The Morgan fingerprint density at radius 2 is 1.86 bits per heavy atom. The third kappa shape index (κ3) is 3.13. The highest BCUT2D eigenvalue weighted by atomic mass is 16.5. The normalized spacial score (nSPS) is 11.5. The van der Waals surface area contributed by atoms with E-state index in [0.29, 0.717) is 17.0 Å². The number of rotatable bonds is 3. The quantitative estimate of drug-likeness (QED) is 0.393. The molecule has 0 atom stereocenters. The standard InChI is InChI=1S/C16H19N3O2/c1-9-5-6-13(10(2)7-9)21-14-8-11(3)18-12(4)15(14)16(17)19-20/h5-8,20H,1-4H3,(H2,17,19). The zero-order chi connectivity index (χ0) is 15.6. The van der Waals surface area contributed by atoms with Gasteiger partial charge in [0.25, 0.3) is 0 Å². The third-order valence-corrected chi connectivity index (χ3v) is 3.21. The van der Waals surface area contributed by atoms with Crippen molar-refractivity contribution < 1.29 is 9.94 Å². The van der Waals surface area contributed by atoms with E-state index in [1.54, 1.807) is 13.0 Å². The lowest BCUT2D eigenvalue weighted by molar-refractivity contribution is 0.318. The van der Waals surface area contributed by atoms with Crippen molar-refractivity contribution in [2.75, 3.05) is 0 Å². The second-order valence-corrected chi connectivity index (χ2v) is 5.08. The van der Waals surface area contributed by atoms with Crippen LogP contribution in [0.1, 0.15) is 28.1 Å². The first-order valence-corrected chi connectivity index (χ1v) is 6.63. The Morgan fingerprint density at radius 3 is 2.48 bits per heavy atom. The summed E-state index contributed by atoms with van der Waals surface area (Å²) in [6.45, 7) is 7.68. The van der Waals surface area contributed by atoms with Crippen LogP contribution in [0.3, 0.4) is 0 Å². The highest BCUT2D eigenvalue weighted by molar-refractivity contribution is 6.00. The minimum Gasteiger partial charge on any atom is -0.456 e. The number of aromatic nitrogens is 1. The predicted octanol–water partition coefficient (Wildman–Crippen LogP) is 3.20. The average Bonchev–Trinajstić information content (AvgIpc) is 2.40. The number of nitrogens with two attached hydrogens (primary N) is 1. The molecular weight excluding hydrogens is 266 g/mol. The molecule has 0 bridgehead atoms. The zero-order valence-electron chi connectivity index (χ0n) is 12.6. The number of nitrogens with zero attached hydrogens (tertiary/aromatic N) is 2. The molecule has 0 aliphatic heterocycles. The molecule has 5 heteroatoms. The summed E-state index contributed by atoms with van der Waals surface area (Å²) < 4.78 is 5.97. The van der Waals surface area contributed by atoms with Crippen LogP contribution in [0.5, 0.6) is 11.5 Å². The molecule has 110 valence electrons. The number of pyridine rings is 1. The summed E-state index contributed by atoms with van der Waals surface area (Å²) in [5.41, 5.74) is 9.90. The Bertz CT molecular complexity index is 709. The first-order valence-electron chi connectivity index (χ1n) is 6.63. The Hall–Kier alpha value is -2.56. The van der Waals surface area contributed by atoms with E-state index in [4.69, 9.17) is 15.7 Å². The Labute approximate surface area is 124 Å². The zero-order valence-corrected chi connectivity index (χ0v) is 12.6. The Kier molecular flexibility index (Phi) is 4.12. The summed E-state index contributed by atoms with van der Waals surface area (Å²) in [5.74, 6) is 1.25. The molecular formula is C16H19N3O2. The first kappa shape index (κ1) is 14.8. The van der Waals surface area contributed by atoms with Crippen LogP contribution in [0, 0.1) is 27.7 Å². The molecule has 0 radical (unpaired) electrons. The van der Waals surface area contributed by atoms with Gasteiger partial charge in [-0.15, -0.1) is 0 Å². The van der Waals surface area contributed by atoms with Gasteiger partial charge in [-0.25, -0.2) is 0 Å². The summed E-state index contributed by atoms with van der Waals surface area (Å²) in [6.07, 6.45) is 0. The maximum Gasteiger partial charge on any atom is 0.175 e. The van der Waals surface area contributed by atoms with Crippen LogP contribution < -0.4 is 10.5 Å². The fraction of sp³-hybridized carbons (Fsp3) is 0.250. The Morgan fingerprint density at radius 1 is 1.14 bits per heavy atom. The van der Waals surface area contributed by atoms with Crippen LogP contribution in [0.15, 0.2) is 29.4 Å². The maximum absolute atomic E-state index is 8.94. The van der Waals surface area contributed by atoms with Crippen molar-refractivity contribution in [2.45, 2.75) is 27.7 Å². The lowest BCUT2D eigenvalue weighted by Gasteiger charge is -2.15. The van der Waals surface area contributed by atoms with Crippen molar-refractivity contribution in [3.05, 3.63) is 52.3 Å². The minimum absolute atomic E-state index is 0.0141. The molecule has 0 aliphatic carbocycles. The van der Waals surface area contributed by atoms with E-state index in [9.17, 15) is 0 Å². The van der Waals surface area contributed by atoms with Crippen molar-refractivity contribution in [3.63, 3.8) is 0 Å². The summed E-state index contributed by atoms with van der Waals surface area (Å²) >= 11 is 0. The molecule has 0 amide bonds. The highest BCUT2D eigenvalue weighted by Gasteiger charge is 2.15. The van der Waals surface area contributed by atoms with Gasteiger partial charge in [0, 0.05) is 11.8 Å². The van der Waals surface area contributed by atoms with Crippen LogP contribution in [-0.2, 0) is 0 Å². The van der Waals surface area contributed by atoms with Crippen LogP contribution >= 0.6 is 0 Å². The van der Waals surface area contributed by atoms with E-state index in [1.165, 1.54) is 5.56 Å². The monoisotopic (exact) mass is 285 g/mol.